The van der Waals surface area contributed by atoms with Crippen LogP contribution in [0.1, 0.15) is 18.0 Å². The fourth-order valence-corrected chi connectivity index (χ4v) is 1.70. The second-order valence-electron chi connectivity index (χ2n) is 3.23. The minimum Gasteiger partial charge on any atom is -0.497 e. The van der Waals surface area contributed by atoms with Gasteiger partial charge in [-0.15, -0.1) is 0 Å². The summed E-state index contributed by atoms with van der Waals surface area (Å²) in [4.78, 5) is 0. The van der Waals surface area contributed by atoms with E-state index in [2.05, 4.69) is 12.6 Å². The van der Waals surface area contributed by atoms with Crippen LogP contribution < -0.4 is 15.2 Å². The van der Waals surface area contributed by atoms with Crippen LogP contribution in [-0.2, 0) is 0 Å². The normalized spacial score (nSPS) is 12.3. The highest BCUT2D eigenvalue weighted by Crippen LogP contribution is 2.29. The summed E-state index contributed by atoms with van der Waals surface area (Å²) in [6.07, 6.45) is 0.825. The van der Waals surface area contributed by atoms with Crippen LogP contribution in [0.15, 0.2) is 18.2 Å². The molecular weight excluding hydrogens is 210 g/mol. The molecule has 0 radical (unpaired) electrons. The minimum atomic E-state index is -0.0386. The molecule has 1 aromatic carbocycles. The van der Waals surface area contributed by atoms with Crippen molar-refractivity contribution in [3.8, 4) is 11.5 Å². The van der Waals surface area contributed by atoms with E-state index in [4.69, 9.17) is 15.2 Å². The van der Waals surface area contributed by atoms with E-state index in [9.17, 15) is 0 Å². The summed E-state index contributed by atoms with van der Waals surface area (Å²) in [6, 6.07) is 5.62. The van der Waals surface area contributed by atoms with E-state index in [1.165, 1.54) is 0 Å². The van der Waals surface area contributed by atoms with Gasteiger partial charge in [-0.1, -0.05) is 6.07 Å². The Hall–Kier alpha value is -0.870. The van der Waals surface area contributed by atoms with Gasteiger partial charge in [0.2, 0.25) is 0 Å². The summed E-state index contributed by atoms with van der Waals surface area (Å²) >= 11 is 4.17. The van der Waals surface area contributed by atoms with Crippen molar-refractivity contribution in [3.63, 3.8) is 0 Å². The Morgan fingerprint density at radius 2 is 2.07 bits per heavy atom. The Morgan fingerprint density at radius 3 is 2.60 bits per heavy atom. The van der Waals surface area contributed by atoms with Gasteiger partial charge in [-0.05, 0) is 18.2 Å². The summed E-state index contributed by atoms with van der Waals surface area (Å²) in [5.41, 5.74) is 7.00. The number of thiol groups is 1. The molecule has 0 bridgehead atoms. The standard InChI is InChI=1S/C11H17NO2S/c1-13-8-3-4-9(10(12)5-6-15)11(7-8)14-2/h3-4,7,10,15H,5-6,12H2,1-2H3. The lowest BCUT2D eigenvalue weighted by Gasteiger charge is -2.15. The Morgan fingerprint density at radius 1 is 1.33 bits per heavy atom. The molecule has 0 aliphatic heterocycles. The summed E-state index contributed by atoms with van der Waals surface area (Å²) < 4.78 is 10.4. The van der Waals surface area contributed by atoms with Crippen LogP contribution in [0.4, 0.5) is 0 Å². The van der Waals surface area contributed by atoms with Gasteiger partial charge in [-0.3, -0.25) is 0 Å². The van der Waals surface area contributed by atoms with Crippen molar-refractivity contribution in [1.29, 1.82) is 0 Å². The lowest BCUT2D eigenvalue weighted by atomic mass is 10.0. The predicted molar refractivity (Wildman–Crippen MR) is 64.9 cm³/mol. The molecule has 0 saturated carbocycles. The van der Waals surface area contributed by atoms with Gasteiger partial charge in [0, 0.05) is 17.7 Å². The molecule has 0 fully saturated rings. The molecule has 4 heteroatoms. The Balaban J connectivity index is 2.96. The molecule has 0 aromatic heterocycles. The number of nitrogens with two attached hydrogens (primary N) is 1. The first-order valence-electron chi connectivity index (χ1n) is 4.81. The molecule has 0 saturated heterocycles. The minimum absolute atomic E-state index is 0.0386. The van der Waals surface area contributed by atoms with E-state index in [1.807, 2.05) is 18.2 Å². The summed E-state index contributed by atoms with van der Waals surface area (Å²) in [5, 5.41) is 0. The number of rotatable bonds is 5. The topological polar surface area (TPSA) is 44.5 Å². The zero-order valence-corrected chi connectivity index (χ0v) is 9.96. The highest BCUT2D eigenvalue weighted by atomic mass is 32.1. The van der Waals surface area contributed by atoms with Gasteiger partial charge in [-0.2, -0.15) is 12.6 Å². The molecule has 1 aromatic rings. The number of benzene rings is 1. The predicted octanol–water partition coefficient (Wildman–Crippen LogP) is 2.02. The molecule has 2 N–H and O–H groups in total. The van der Waals surface area contributed by atoms with Crippen molar-refractivity contribution in [2.45, 2.75) is 12.5 Å². The summed E-state index contributed by atoms with van der Waals surface area (Å²) in [7, 11) is 3.26. The number of ether oxygens (including phenoxy) is 2. The monoisotopic (exact) mass is 227 g/mol. The number of methoxy groups -OCH3 is 2. The van der Waals surface area contributed by atoms with Gasteiger partial charge >= 0.3 is 0 Å². The van der Waals surface area contributed by atoms with Crippen molar-refractivity contribution in [3.05, 3.63) is 23.8 Å². The third-order valence-corrected chi connectivity index (χ3v) is 2.54. The number of hydrogen-bond donors (Lipinski definition) is 2. The second kappa shape index (κ2) is 5.88. The molecule has 3 nitrogen and oxygen atoms in total. The first-order valence-corrected chi connectivity index (χ1v) is 5.44. The van der Waals surface area contributed by atoms with E-state index in [-0.39, 0.29) is 6.04 Å². The lowest BCUT2D eigenvalue weighted by molar-refractivity contribution is 0.388. The van der Waals surface area contributed by atoms with Crippen molar-refractivity contribution in [2.75, 3.05) is 20.0 Å². The molecule has 1 atom stereocenters. The second-order valence-corrected chi connectivity index (χ2v) is 3.67. The smallest absolute Gasteiger partial charge is 0.127 e. The molecule has 1 unspecified atom stereocenters. The average Bonchev–Trinajstić information content (AvgIpc) is 2.28. The quantitative estimate of drug-likeness (QED) is 0.756. The van der Waals surface area contributed by atoms with Crippen molar-refractivity contribution >= 4 is 12.6 Å². The molecular formula is C11H17NO2S. The molecule has 0 aliphatic rings. The Bertz CT molecular complexity index is 317. The molecule has 84 valence electrons. The van der Waals surface area contributed by atoms with Gasteiger partial charge in [0.05, 0.1) is 14.2 Å². The van der Waals surface area contributed by atoms with Crippen LogP contribution in [0.25, 0.3) is 0 Å². The average molecular weight is 227 g/mol. The Labute approximate surface area is 96.0 Å². The highest BCUT2D eigenvalue weighted by Gasteiger charge is 2.11. The van der Waals surface area contributed by atoms with Gasteiger partial charge < -0.3 is 15.2 Å². The molecule has 1 rings (SSSR count). The molecule has 0 amide bonds. The largest absolute Gasteiger partial charge is 0.497 e. The first-order chi connectivity index (χ1) is 7.22. The fraction of sp³-hybridized carbons (Fsp3) is 0.455. The molecule has 15 heavy (non-hydrogen) atoms. The third-order valence-electron chi connectivity index (χ3n) is 2.28. The van der Waals surface area contributed by atoms with Gasteiger partial charge in [0.15, 0.2) is 0 Å². The SMILES string of the molecule is COc1ccc(C(N)CCS)c(OC)c1. The van der Waals surface area contributed by atoms with Crippen LogP contribution in [0.5, 0.6) is 11.5 Å². The summed E-state index contributed by atoms with van der Waals surface area (Å²) in [5.74, 6) is 2.30. The van der Waals surface area contributed by atoms with Crippen LogP contribution >= 0.6 is 12.6 Å². The van der Waals surface area contributed by atoms with Crippen LogP contribution in [-0.4, -0.2) is 20.0 Å². The lowest BCUT2D eigenvalue weighted by Crippen LogP contribution is -2.12. The molecule has 0 spiro atoms. The van der Waals surface area contributed by atoms with E-state index >= 15 is 0 Å². The van der Waals surface area contributed by atoms with E-state index in [0.29, 0.717) is 0 Å². The van der Waals surface area contributed by atoms with Crippen molar-refractivity contribution in [2.24, 2.45) is 5.73 Å². The van der Waals surface area contributed by atoms with Crippen LogP contribution in [0.2, 0.25) is 0 Å². The third kappa shape index (κ3) is 3.04. The zero-order chi connectivity index (χ0) is 11.3. The zero-order valence-electron chi connectivity index (χ0n) is 9.06. The van der Waals surface area contributed by atoms with Gasteiger partial charge in [-0.25, -0.2) is 0 Å². The molecule has 0 heterocycles. The van der Waals surface area contributed by atoms with Gasteiger partial charge in [0.1, 0.15) is 11.5 Å². The van der Waals surface area contributed by atoms with E-state index in [0.717, 1.165) is 29.2 Å². The van der Waals surface area contributed by atoms with Crippen molar-refractivity contribution < 1.29 is 9.47 Å². The Kier molecular flexibility index (Phi) is 4.78. The van der Waals surface area contributed by atoms with E-state index in [1.54, 1.807) is 14.2 Å². The fourth-order valence-electron chi connectivity index (χ4n) is 1.42. The molecule has 0 aliphatic carbocycles. The van der Waals surface area contributed by atoms with Gasteiger partial charge in [0.25, 0.3) is 0 Å². The maximum Gasteiger partial charge on any atom is 0.127 e. The summed E-state index contributed by atoms with van der Waals surface area (Å²) in [6.45, 7) is 0. The van der Waals surface area contributed by atoms with E-state index < -0.39 is 0 Å². The maximum absolute atomic E-state index is 6.00. The van der Waals surface area contributed by atoms with Crippen LogP contribution in [0, 0.1) is 0 Å². The van der Waals surface area contributed by atoms with Crippen LogP contribution in [0.3, 0.4) is 0 Å². The number of hydrogen-bond acceptors (Lipinski definition) is 4. The maximum atomic E-state index is 6.00. The first kappa shape index (κ1) is 12.2. The van der Waals surface area contributed by atoms with Crippen molar-refractivity contribution in [1.82, 2.24) is 0 Å². The highest BCUT2D eigenvalue weighted by molar-refractivity contribution is 7.80.